The molecule has 1 aromatic heterocycles. The summed E-state index contributed by atoms with van der Waals surface area (Å²) in [5.74, 6) is 0.420. The van der Waals surface area contributed by atoms with E-state index in [0.717, 1.165) is 0 Å². The molecule has 2 bridgehead atoms. The smallest absolute Gasteiger partial charge is 0.407 e. The van der Waals surface area contributed by atoms with Crippen molar-refractivity contribution in [3.63, 3.8) is 0 Å². The van der Waals surface area contributed by atoms with Gasteiger partial charge >= 0.3 is 6.09 Å². The number of alkyl halides is 1. The highest BCUT2D eigenvalue weighted by Crippen LogP contribution is 2.38. The van der Waals surface area contributed by atoms with E-state index in [4.69, 9.17) is 0 Å². The standard InChI is InChI=1S/C12H16FN5O2S/c1-21-11-14-5-9(16-17-11)15-7-4-6-2-3-8(10(7)13)18(6)12(19)20/h5-8,10H,2-4H2,1H3,(H,15,16)(H,19,20). The van der Waals surface area contributed by atoms with Gasteiger partial charge in [0.2, 0.25) is 5.16 Å². The lowest BCUT2D eigenvalue weighted by molar-refractivity contribution is 0.0544. The summed E-state index contributed by atoms with van der Waals surface area (Å²) in [6, 6.07) is -1.14. The first-order valence-electron chi connectivity index (χ1n) is 6.75. The Bertz CT molecular complexity index is 531. The monoisotopic (exact) mass is 313 g/mol. The average molecular weight is 313 g/mol. The van der Waals surface area contributed by atoms with Crippen LogP contribution in [0.2, 0.25) is 0 Å². The molecule has 1 amide bonds. The molecule has 9 heteroatoms. The fourth-order valence-electron chi connectivity index (χ4n) is 3.20. The summed E-state index contributed by atoms with van der Waals surface area (Å²) in [5, 5.41) is 20.6. The molecule has 114 valence electrons. The molecule has 0 saturated carbocycles. The van der Waals surface area contributed by atoms with Crippen molar-refractivity contribution in [2.75, 3.05) is 11.6 Å². The van der Waals surface area contributed by atoms with Gasteiger partial charge in [0, 0.05) is 6.04 Å². The maximum Gasteiger partial charge on any atom is 0.407 e. The molecule has 1 aromatic rings. The molecule has 21 heavy (non-hydrogen) atoms. The molecule has 2 fully saturated rings. The van der Waals surface area contributed by atoms with Crippen molar-refractivity contribution in [2.24, 2.45) is 0 Å². The zero-order chi connectivity index (χ0) is 15.0. The molecule has 2 aliphatic heterocycles. The second-order valence-electron chi connectivity index (χ2n) is 5.25. The van der Waals surface area contributed by atoms with Crippen LogP contribution in [0.25, 0.3) is 0 Å². The number of nitrogens with one attached hydrogen (secondary N) is 1. The highest BCUT2D eigenvalue weighted by molar-refractivity contribution is 7.98. The quantitative estimate of drug-likeness (QED) is 0.819. The van der Waals surface area contributed by atoms with E-state index in [9.17, 15) is 14.3 Å². The first-order chi connectivity index (χ1) is 10.1. The minimum Gasteiger partial charge on any atom is -0.465 e. The van der Waals surface area contributed by atoms with Gasteiger partial charge in [0.15, 0.2) is 5.82 Å². The highest BCUT2D eigenvalue weighted by atomic mass is 32.2. The number of amides is 1. The fraction of sp³-hybridized carbons (Fsp3) is 0.667. The maximum absolute atomic E-state index is 14.5. The summed E-state index contributed by atoms with van der Waals surface area (Å²) in [6.45, 7) is 0. The minimum atomic E-state index is -1.25. The lowest BCUT2D eigenvalue weighted by Crippen LogP contribution is -2.56. The lowest BCUT2D eigenvalue weighted by Gasteiger charge is -2.39. The van der Waals surface area contributed by atoms with Crippen LogP contribution in [0.1, 0.15) is 19.3 Å². The molecule has 2 aliphatic rings. The molecule has 2 N–H and O–H groups in total. The van der Waals surface area contributed by atoms with Crippen LogP contribution in [-0.2, 0) is 0 Å². The van der Waals surface area contributed by atoms with Gasteiger partial charge in [-0.25, -0.2) is 14.2 Å². The first kappa shape index (κ1) is 14.3. The number of hydrogen-bond acceptors (Lipinski definition) is 6. The number of nitrogens with zero attached hydrogens (tertiary/aromatic N) is 4. The van der Waals surface area contributed by atoms with Gasteiger partial charge in [0.1, 0.15) is 6.17 Å². The highest BCUT2D eigenvalue weighted by Gasteiger charge is 2.50. The Kier molecular flexibility index (Phi) is 3.83. The van der Waals surface area contributed by atoms with Gasteiger partial charge in [0.05, 0.1) is 18.3 Å². The molecule has 0 aromatic carbocycles. The molecular formula is C12H16FN5O2S. The van der Waals surface area contributed by atoms with Crippen molar-refractivity contribution in [1.29, 1.82) is 0 Å². The summed E-state index contributed by atoms with van der Waals surface area (Å²) in [4.78, 5) is 16.6. The number of thioether (sulfide) groups is 1. The average Bonchev–Trinajstić information content (AvgIpc) is 2.83. The number of carbonyl (C=O) groups is 1. The molecule has 0 aliphatic carbocycles. The van der Waals surface area contributed by atoms with Gasteiger partial charge in [-0.1, -0.05) is 11.8 Å². The van der Waals surface area contributed by atoms with Crippen LogP contribution >= 0.6 is 11.8 Å². The number of fused-ring (bicyclic) bond motifs is 2. The second-order valence-corrected chi connectivity index (χ2v) is 6.02. The van der Waals surface area contributed by atoms with E-state index in [1.54, 1.807) is 0 Å². The Labute approximate surface area is 125 Å². The summed E-state index contributed by atoms with van der Waals surface area (Å²) in [5.41, 5.74) is 0. The van der Waals surface area contributed by atoms with Crippen LogP contribution in [0.15, 0.2) is 11.4 Å². The van der Waals surface area contributed by atoms with E-state index >= 15 is 0 Å². The largest absolute Gasteiger partial charge is 0.465 e. The topological polar surface area (TPSA) is 91.2 Å². The number of carboxylic acid groups (broad SMARTS) is 1. The Morgan fingerprint density at radius 3 is 2.95 bits per heavy atom. The van der Waals surface area contributed by atoms with Crippen LogP contribution in [0.4, 0.5) is 15.0 Å². The van der Waals surface area contributed by atoms with Crippen molar-refractivity contribution in [3.05, 3.63) is 6.20 Å². The number of piperidine rings is 1. The third-order valence-electron chi connectivity index (χ3n) is 4.10. The Balaban J connectivity index is 1.71. The lowest BCUT2D eigenvalue weighted by atomic mass is 9.96. The number of aromatic nitrogens is 3. The Morgan fingerprint density at radius 1 is 1.52 bits per heavy atom. The summed E-state index contributed by atoms with van der Waals surface area (Å²) in [6.07, 6.45) is 2.82. The summed E-state index contributed by atoms with van der Waals surface area (Å²) < 4.78 is 14.5. The number of anilines is 1. The van der Waals surface area contributed by atoms with Crippen LogP contribution < -0.4 is 5.32 Å². The summed E-state index contributed by atoms with van der Waals surface area (Å²) >= 11 is 1.38. The normalized spacial score (nSPS) is 31.2. The predicted octanol–water partition coefficient (Wildman–Crippen LogP) is 1.63. The van der Waals surface area contributed by atoms with Gasteiger partial charge in [-0.15, -0.1) is 10.2 Å². The molecule has 7 nitrogen and oxygen atoms in total. The molecule has 0 spiro atoms. The zero-order valence-corrected chi connectivity index (χ0v) is 12.3. The van der Waals surface area contributed by atoms with Gasteiger partial charge < -0.3 is 10.4 Å². The van der Waals surface area contributed by atoms with Crippen LogP contribution in [-0.4, -0.2) is 61.8 Å². The third kappa shape index (κ3) is 2.61. The van der Waals surface area contributed by atoms with Crippen molar-refractivity contribution in [1.82, 2.24) is 20.1 Å². The van der Waals surface area contributed by atoms with Crippen LogP contribution in [0.3, 0.4) is 0 Å². The van der Waals surface area contributed by atoms with Gasteiger partial charge in [-0.3, -0.25) is 4.90 Å². The minimum absolute atomic E-state index is 0.122. The third-order valence-corrected chi connectivity index (χ3v) is 4.65. The van der Waals surface area contributed by atoms with Crippen molar-refractivity contribution in [2.45, 2.75) is 48.7 Å². The van der Waals surface area contributed by atoms with E-state index < -0.39 is 24.3 Å². The molecule has 3 rings (SSSR count). The molecule has 4 atom stereocenters. The number of halogens is 1. The van der Waals surface area contributed by atoms with E-state index in [0.29, 0.717) is 30.2 Å². The SMILES string of the molecule is CSc1ncc(NC2CC3CCC(C2F)N3C(=O)O)nn1. The van der Waals surface area contributed by atoms with Gasteiger partial charge in [0.25, 0.3) is 0 Å². The van der Waals surface area contributed by atoms with E-state index in [2.05, 4.69) is 20.5 Å². The Hall–Kier alpha value is -1.64. The fourth-order valence-corrected chi connectivity index (χ4v) is 3.48. The maximum atomic E-state index is 14.5. The predicted molar refractivity (Wildman–Crippen MR) is 75.2 cm³/mol. The molecule has 2 saturated heterocycles. The first-order valence-corrected chi connectivity index (χ1v) is 7.98. The Morgan fingerprint density at radius 2 is 2.33 bits per heavy atom. The van der Waals surface area contributed by atoms with Gasteiger partial charge in [-0.2, -0.15) is 0 Å². The van der Waals surface area contributed by atoms with E-state index in [1.807, 2.05) is 6.26 Å². The second kappa shape index (κ2) is 5.63. The van der Waals surface area contributed by atoms with Crippen molar-refractivity contribution < 1.29 is 14.3 Å². The van der Waals surface area contributed by atoms with Gasteiger partial charge in [-0.05, 0) is 25.5 Å². The number of hydrogen-bond donors (Lipinski definition) is 2. The molecule has 4 unspecified atom stereocenters. The molecule has 0 radical (unpaired) electrons. The van der Waals surface area contributed by atoms with E-state index in [1.165, 1.54) is 22.9 Å². The van der Waals surface area contributed by atoms with Crippen molar-refractivity contribution in [3.8, 4) is 0 Å². The molecule has 3 heterocycles. The van der Waals surface area contributed by atoms with Crippen LogP contribution in [0.5, 0.6) is 0 Å². The number of rotatable bonds is 3. The van der Waals surface area contributed by atoms with E-state index in [-0.39, 0.29) is 6.04 Å². The molecular weight excluding hydrogens is 297 g/mol. The van der Waals surface area contributed by atoms with Crippen LogP contribution in [0, 0.1) is 0 Å². The summed E-state index contributed by atoms with van der Waals surface area (Å²) in [7, 11) is 0. The van der Waals surface area contributed by atoms with Crippen molar-refractivity contribution >= 4 is 23.7 Å². The zero-order valence-electron chi connectivity index (χ0n) is 11.4.